The molecule has 0 bridgehead atoms. The van der Waals surface area contributed by atoms with Crippen molar-refractivity contribution in [1.29, 1.82) is 0 Å². The zero-order chi connectivity index (χ0) is 16.4. The highest BCUT2D eigenvalue weighted by molar-refractivity contribution is 7.99. The third-order valence-corrected chi connectivity index (χ3v) is 4.88. The van der Waals surface area contributed by atoms with Gasteiger partial charge in [0.05, 0.1) is 12.8 Å². The maximum Gasteiger partial charge on any atom is 0.356 e. The molecule has 1 aromatic heterocycles. The maximum absolute atomic E-state index is 11.1. The van der Waals surface area contributed by atoms with Crippen LogP contribution >= 0.6 is 11.8 Å². The van der Waals surface area contributed by atoms with Crippen LogP contribution in [0.4, 0.5) is 0 Å². The molecule has 1 fully saturated rings. The van der Waals surface area contributed by atoms with Gasteiger partial charge in [-0.2, -0.15) is 16.9 Å². The Hall–Kier alpha value is -2.15. The Kier molecular flexibility index (Phi) is 4.47. The van der Waals surface area contributed by atoms with E-state index in [0.717, 1.165) is 23.5 Å². The molecule has 1 aliphatic rings. The number of aromatic carboxylic acids is 1. The molecule has 0 amide bonds. The zero-order valence-corrected chi connectivity index (χ0v) is 13.8. The van der Waals surface area contributed by atoms with Gasteiger partial charge in [-0.1, -0.05) is 6.07 Å². The van der Waals surface area contributed by atoms with Crippen molar-refractivity contribution >= 4 is 17.7 Å². The number of aromatic nitrogens is 2. The Morgan fingerprint density at radius 2 is 2.30 bits per heavy atom. The Morgan fingerprint density at radius 3 is 2.91 bits per heavy atom. The number of carboxylic acids is 1. The van der Waals surface area contributed by atoms with Crippen molar-refractivity contribution in [3.05, 3.63) is 30.0 Å². The molecule has 1 saturated heterocycles. The molecule has 3 rings (SSSR count). The molecule has 2 aromatic rings. The second kappa shape index (κ2) is 6.54. The zero-order valence-electron chi connectivity index (χ0n) is 13.0. The number of ether oxygens (including phenoxy) is 2. The van der Waals surface area contributed by atoms with Crippen LogP contribution < -0.4 is 9.47 Å². The average Bonchev–Trinajstić information content (AvgIpc) is 3.17. The number of para-hydroxylation sites is 1. The lowest BCUT2D eigenvalue weighted by Crippen LogP contribution is -2.16. The molecular weight excluding hydrogens is 316 g/mol. The van der Waals surface area contributed by atoms with Gasteiger partial charge in [0.1, 0.15) is 6.10 Å². The number of nitrogens with zero attached hydrogens (tertiary/aromatic N) is 2. The second-order valence-corrected chi connectivity index (χ2v) is 6.43. The fourth-order valence-corrected chi connectivity index (χ4v) is 3.69. The number of hydrogen-bond donors (Lipinski definition) is 1. The van der Waals surface area contributed by atoms with Crippen molar-refractivity contribution in [2.24, 2.45) is 7.05 Å². The van der Waals surface area contributed by atoms with Gasteiger partial charge < -0.3 is 14.6 Å². The van der Waals surface area contributed by atoms with Crippen molar-refractivity contribution < 1.29 is 19.4 Å². The molecule has 7 heteroatoms. The molecular formula is C16H18N2O4S. The number of methoxy groups -OCH3 is 1. The lowest BCUT2D eigenvalue weighted by atomic mass is 10.1. The Balaban J connectivity index is 2.05. The van der Waals surface area contributed by atoms with E-state index in [4.69, 9.17) is 14.6 Å². The van der Waals surface area contributed by atoms with E-state index in [1.807, 2.05) is 30.0 Å². The highest BCUT2D eigenvalue weighted by atomic mass is 32.2. The van der Waals surface area contributed by atoms with E-state index in [2.05, 4.69) is 5.10 Å². The number of aryl methyl sites for hydroxylation is 1. The fourth-order valence-electron chi connectivity index (χ4n) is 2.60. The van der Waals surface area contributed by atoms with E-state index < -0.39 is 5.97 Å². The summed E-state index contributed by atoms with van der Waals surface area (Å²) in [5, 5.41) is 13.2. The SMILES string of the molecule is COc1cccc(-c2cc(C(=O)O)nn2C)c1OC1CCSC1. The Morgan fingerprint density at radius 1 is 1.48 bits per heavy atom. The Bertz CT molecular complexity index is 723. The molecule has 0 saturated carbocycles. The maximum atomic E-state index is 11.1. The molecule has 0 aliphatic carbocycles. The molecule has 122 valence electrons. The predicted molar refractivity (Wildman–Crippen MR) is 88.5 cm³/mol. The number of thioether (sulfide) groups is 1. The van der Waals surface area contributed by atoms with Gasteiger partial charge in [0.2, 0.25) is 0 Å². The minimum Gasteiger partial charge on any atom is -0.493 e. The minimum absolute atomic E-state index is 0.00712. The quantitative estimate of drug-likeness (QED) is 0.906. The smallest absolute Gasteiger partial charge is 0.356 e. The van der Waals surface area contributed by atoms with Gasteiger partial charge in [0.25, 0.3) is 0 Å². The van der Waals surface area contributed by atoms with Gasteiger partial charge in [-0.05, 0) is 30.4 Å². The lowest BCUT2D eigenvalue weighted by Gasteiger charge is -2.18. The molecule has 0 spiro atoms. The second-order valence-electron chi connectivity index (χ2n) is 5.28. The largest absolute Gasteiger partial charge is 0.493 e. The van der Waals surface area contributed by atoms with E-state index in [1.165, 1.54) is 0 Å². The molecule has 6 nitrogen and oxygen atoms in total. The van der Waals surface area contributed by atoms with Crippen molar-refractivity contribution in [3.63, 3.8) is 0 Å². The standard InChI is InChI=1S/C16H18N2O4S/c1-18-13(8-12(17-18)16(19)20)11-4-3-5-14(21-2)15(11)22-10-6-7-23-9-10/h3-5,8,10H,6-7,9H2,1-2H3,(H,19,20). The summed E-state index contributed by atoms with van der Waals surface area (Å²) in [4.78, 5) is 11.1. The van der Waals surface area contributed by atoms with E-state index in [9.17, 15) is 4.79 Å². The molecule has 1 unspecified atom stereocenters. The molecule has 23 heavy (non-hydrogen) atoms. The molecule has 1 N–H and O–H groups in total. The lowest BCUT2D eigenvalue weighted by molar-refractivity contribution is 0.0689. The van der Waals surface area contributed by atoms with Crippen LogP contribution in [0.5, 0.6) is 11.5 Å². The van der Waals surface area contributed by atoms with Crippen molar-refractivity contribution in [3.8, 4) is 22.8 Å². The molecule has 1 aromatic carbocycles. The number of rotatable bonds is 5. The fraction of sp³-hybridized carbons (Fsp3) is 0.375. The van der Waals surface area contributed by atoms with E-state index in [0.29, 0.717) is 17.2 Å². The average molecular weight is 334 g/mol. The first-order valence-corrected chi connectivity index (χ1v) is 8.44. The third kappa shape index (κ3) is 3.14. The molecule has 2 heterocycles. The number of hydrogen-bond acceptors (Lipinski definition) is 5. The van der Waals surface area contributed by atoms with Crippen LogP contribution in [0.15, 0.2) is 24.3 Å². The third-order valence-electron chi connectivity index (χ3n) is 3.75. The molecule has 1 aliphatic heterocycles. The van der Waals surface area contributed by atoms with E-state index >= 15 is 0 Å². The highest BCUT2D eigenvalue weighted by Crippen LogP contribution is 2.40. The van der Waals surface area contributed by atoms with Gasteiger partial charge >= 0.3 is 5.97 Å². The highest BCUT2D eigenvalue weighted by Gasteiger charge is 2.23. The first kappa shape index (κ1) is 15.7. The predicted octanol–water partition coefficient (Wildman–Crippen LogP) is 2.68. The van der Waals surface area contributed by atoms with Gasteiger partial charge in [-0.3, -0.25) is 4.68 Å². The number of carbonyl (C=O) groups is 1. The monoisotopic (exact) mass is 334 g/mol. The number of carboxylic acid groups (broad SMARTS) is 1. The van der Waals surface area contributed by atoms with Crippen LogP contribution in [0, 0.1) is 0 Å². The van der Waals surface area contributed by atoms with Crippen LogP contribution in [0.1, 0.15) is 16.9 Å². The van der Waals surface area contributed by atoms with Gasteiger partial charge in [0.15, 0.2) is 17.2 Å². The van der Waals surface area contributed by atoms with Crippen molar-refractivity contribution in [2.75, 3.05) is 18.6 Å². The van der Waals surface area contributed by atoms with Gasteiger partial charge in [-0.25, -0.2) is 4.79 Å². The minimum atomic E-state index is -1.05. The first-order chi connectivity index (χ1) is 11.1. The normalized spacial score (nSPS) is 17.2. The summed E-state index contributed by atoms with van der Waals surface area (Å²) >= 11 is 1.87. The van der Waals surface area contributed by atoms with Crippen LogP contribution in [-0.4, -0.2) is 45.6 Å². The van der Waals surface area contributed by atoms with Gasteiger partial charge in [0, 0.05) is 18.4 Å². The van der Waals surface area contributed by atoms with E-state index in [-0.39, 0.29) is 11.8 Å². The molecule has 1 atom stereocenters. The summed E-state index contributed by atoms with van der Waals surface area (Å²) in [5.74, 6) is 2.26. The summed E-state index contributed by atoms with van der Waals surface area (Å²) in [6.07, 6.45) is 1.13. The summed E-state index contributed by atoms with van der Waals surface area (Å²) in [6.45, 7) is 0. The summed E-state index contributed by atoms with van der Waals surface area (Å²) in [5.41, 5.74) is 1.47. The van der Waals surface area contributed by atoms with Crippen LogP contribution in [0.3, 0.4) is 0 Å². The van der Waals surface area contributed by atoms with Crippen molar-refractivity contribution in [2.45, 2.75) is 12.5 Å². The first-order valence-electron chi connectivity index (χ1n) is 7.29. The topological polar surface area (TPSA) is 73.6 Å². The van der Waals surface area contributed by atoms with E-state index in [1.54, 1.807) is 24.9 Å². The number of benzene rings is 1. The van der Waals surface area contributed by atoms with Crippen LogP contribution in [0.25, 0.3) is 11.3 Å². The summed E-state index contributed by atoms with van der Waals surface area (Å²) in [6, 6.07) is 7.14. The van der Waals surface area contributed by atoms with Gasteiger partial charge in [-0.15, -0.1) is 0 Å². The summed E-state index contributed by atoms with van der Waals surface area (Å²) < 4.78 is 13.2. The molecule has 0 radical (unpaired) electrons. The van der Waals surface area contributed by atoms with Crippen molar-refractivity contribution in [1.82, 2.24) is 9.78 Å². The van der Waals surface area contributed by atoms with Crippen LogP contribution in [-0.2, 0) is 7.05 Å². The Labute approximate surface area is 138 Å². The van der Waals surface area contributed by atoms with Crippen LogP contribution in [0.2, 0.25) is 0 Å². The summed E-state index contributed by atoms with van der Waals surface area (Å²) in [7, 11) is 3.32.